The molecule has 1 saturated heterocycles. The Balaban J connectivity index is 1.66. The number of hydrogen-bond donors (Lipinski definition) is 2. The molecule has 2 fully saturated rings. The van der Waals surface area contributed by atoms with E-state index in [0.717, 1.165) is 22.9 Å². The molecule has 0 bridgehead atoms. The molecule has 4 nitrogen and oxygen atoms in total. The molecule has 20 heavy (non-hydrogen) atoms. The minimum atomic E-state index is -0.181. The summed E-state index contributed by atoms with van der Waals surface area (Å²) in [5.74, 6) is 0.00846. The van der Waals surface area contributed by atoms with Gasteiger partial charge in [0.05, 0.1) is 11.5 Å². The molecule has 1 aromatic rings. The summed E-state index contributed by atoms with van der Waals surface area (Å²) >= 11 is 3.42. The summed E-state index contributed by atoms with van der Waals surface area (Å²) in [6.07, 6.45) is 3.07. The number of nitrogens with one attached hydrogen (secondary N) is 2. The van der Waals surface area contributed by atoms with E-state index in [1.54, 1.807) is 0 Å². The lowest BCUT2D eigenvalue weighted by molar-refractivity contribution is -0.129. The Morgan fingerprint density at radius 2 is 2.00 bits per heavy atom. The standard InChI is InChI=1S/C15H17BrN2O2/c16-12-4-2-11(3-5-12)15(7-8-15)18-14(20)10-1-6-13(19)17-9-10/h2-5,10H,1,6-9H2,(H,17,19)(H,18,20)/t10-/m0/s1. The van der Waals surface area contributed by atoms with Crippen LogP contribution < -0.4 is 10.6 Å². The molecule has 5 heteroatoms. The Labute approximate surface area is 126 Å². The summed E-state index contributed by atoms with van der Waals surface area (Å²) in [4.78, 5) is 23.5. The summed E-state index contributed by atoms with van der Waals surface area (Å²) in [7, 11) is 0. The van der Waals surface area contributed by atoms with Crippen LogP contribution in [0.15, 0.2) is 28.7 Å². The van der Waals surface area contributed by atoms with E-state index < -0.39 is 0 Å². The number of amides is 2. The van der Waals surface area contributed by atoms with Crippen molar-refractivity contribution in [1.82, 2.24) is 10.6 Å². The van der Waals surface area contributed by atoms with E-state index in [-0.39, 0.29) is 23.3 Å². The summed E-state index contributed by atoms with van der Waals surface area (Å²) in [6, 6.07) is 8.12. The van der Waals surface area contributed by atoms with Gasteiger partial charge < -0.3 is 10.6 Å². The fourth-order valence-electron chi connectivity index (χ4n) is 2.67. The molecule has 1 atom stereocenters. The van der Waals surface area contributed by atoms with Crippen LogP contribution in [0, 0.1) is 5.92 Å². The second-order valence-electron chi connectivity index (χ2n) is 5.62. The first-order valence-electron chi connectivity index (χ1n) is 6.94. The fraction of sp³-hybridized carbons (Fsp3) is 0.467. The molecule has 0 spiro atoms. The number of benzene rings is 1. The van der Waals surface area contributed by atoms with Crippen molar-refractivity contribution in [2.45, 2.75) is 31.2 Å². The van der Waals surface area contributed by atoms with Crippen molar-refractivity contribution in [3.8, 4) is 0 Å². The number of carbonyl (C=O) groups is 2. The van der Waals surface area contributed by atoms with E-state index in [1.165, 1.54) is 0 Å². The van der Waals surface area contributed by atoms with Crippen LogP contribution in [0.3, 0.4) is 0 Å². The van der Waals surface area contributed by atoms with Crippen molar-refractivity contribution in [3.63, 3.8) is 0 Å². The molecule has 0 radical (unpaired) electrons. The van der Waals surface area contributed by atoms with Gasteiger partial charge in [0.15, 0.2) is 0 Å². The Morgan fingerprint density at radius 3 is 2.55 bits per heavy atom. The monoisotopic (exact) mass is 336 g/mol. The van der Waals surface area contributed by atoms with Crippen LogP contribution in [-0.4, -0.2) is 18.4 Å². The molecule has 0 aromatic heterocycles. The molecule has 2 amide bonds. The van der Waals surface area contributed by atoms with E-state index in [1.807, 2.05) is 12.1 Å². The zero-order chi connectivity index (χ0) is 14.2. The molecule has 1 heterocycles. The summed E-state index contributed by atoms with van der Waals surface area (Å²) in [5.41, 5.74) is 0.980. The van der Waals surface area contributed by atoms with Gasteiger partial charge >= 0.3 is 0 Å². The number of halogens is 1. The quantitative estimate of drug-likeness (QED) is 0.887. The van der Waals surface area contributed by atoms with Crippen LogP contribution in [0.4, 0.5) is 0 Å². The average Bonchev–Trinajstić information content (AvgIpc) is 3.21. The van der Waals surface area contributed by atoms with E-state index in [4.69, 9.17) is 0 Å². The minimum Gasteiger partial charge on any atom is -0.355 e. The third kappa shape index (κ3) is 2.73. The van der Waals surface area contributed by atoms with E-state index in [0.29, 0.717) is 19.4 Å². The predicted molar refractivity (Wildman–Crippen MR) is 78.9 cm³/mol. The minimum absolute atomic E-state index is 0.0445. The van der Waals surface area contributed by atoms with E-state index in [9.17, 15) is 9.59 Å². The maximum absolute atomic E-state index is 12.3. The van der Waals surface area contributed by atoms with Crippen molar-refractivity contribution in [2.75, 3.05) is 6.54 Å². The van der Waals surface area contributed by atoms with Crippen LogP contribution in [0.1, 0.15) is 31.2 Å². The van der Waals surface area contributed by atoms with Gasteiger partial charge in [-0.25, -0.2) is 0 Å². The molecule has 1 aliphatic carbocycles. The highest BCUT2D eigenvalue weighted by Crippen LogP contribution is 2.46. The van der Waals surface area contributed by atoms with Gasteiger partial charge in [-0.05, 0) is 37.0 Å². The Hall–Kier alpha value is -1.36. The van der Waals surface area contributed by atoms with E-state index >= 15 is 0 Å². The molecule has 1 aliphatic heterocycles. The van der Waals surface area contributed by atoms with Gasteiger partial charge in [-0.1, -0.05) is 28.1 Å². The summed E-state index contributed by atoms with van der Waals surface area (Å²) in [6.45, 7) is 0.459. The van der Waals surface area contributed by atoms with Crippen LogP contribution in [0.25, 0.3) is 0 Å². The van der Waals surface area contributed by atoms with Gasteiger partial charge in [-0.2, -0.15) is 0 Å². The predicted octanol–water partition coefficient (Wildman–Crippen LogP) is 2.08. The van der Waals surface area contributed by atoms with Crippen molar-refractivity contribution in [3.05, 3.63) is 34.3 Å². The largest absolute Gasteiger partial charge is 0.355 e. The topological polar surface area (TPSA) is 58.2 Å². The van der Waals surface area contributed by atoms with Crippen molar-refractivity contribution in [1.29, 1.82) is 0 Å². The molecule has 1 aromatic carbocycles. The number of carbonyl (C=O) groups excluding carboxylic acids is 2. The average molecular weight is 337 g/mol. The normalized spacial score (nSPS) is 23.9. The lowest BCUT2D eigenvalue weighted by Gasteiger charge is -2.25. The number of hydrogen-bond acceptors (Lipinski definition) is 2. The van der Waals surface area contributed by atoms with Crippen molar-refractivity contribution in [2.24, 2.45) is 5.92 Å². The SMILES string of the molecule is O=C1CC[C@H](C(=O)NC2(c3ccc(Br)cc3)CC2)CN1. The van der Waals surface area contributed by atoms with Gasteiger partial charge in [-0.3, -0.25) is 9.59 Å². The lowest BCUT2D eigenvalue weighted by Crippen LogP contribution is -2.46. The lowest BCUT2D eigenvalue weighted by atomic mass is 9.96. The molecule has 2 aliphatic rings. The second kappa shape index (κ2) is 5.20. The highest BCUT2D eigenvalue weighted by Gasteiger charge is 2.46. The first-order valence-corrected chi connectivity index (χ1v) is 7.73. The Morgan fingerprint density at radius 1 is 1.30 bits per heavy atom. The van der Waals surface area contributed by atoms with E-state index in [2.05, 4.69) is 38.7 Å². The maximum atomic E-state index is 12.3. The molecular weight excluding hydrogens is 320 g/mol. The first kappa shape index (κ1) is 13.6. The Bertz CT molecular complexity index is 527. The smallest absolute Gasteiger partial charge is 0.225 e. The van der Waals surface area contributed by atoms with Gasteiger partial charge in [0.25, 0.3) is 0 Å². The molecule has 2 N–H and O–H groups in total. The van der Waals surface area contributed by atoms with Crippen LogP contribution in [0.2, 0.25) is 0 Å². The Kier molecular flexibility index (Phi) is 3.54. The molecule has 0 unspecified atom stereocenters. The zero-order valence-corrected chi connectivity index (χ0v) is 12.7. The number of rotatable bonds is 3. The molecule has 106 valence electrons. The summed E-state index contributed by atoms with van der Waals surface area (Å²) < 4.78 is 1.04. The molecule has 1 saturated carbocycles. The van der Waals surface area contributed by atoms with Gasteiger partial charge in [0.2, 0.25) is 11.8 Å². The van der Waals surface area contributed by atoms with Gasteiger partial charge in [0, 0.05) is 17.4 Å². The highest BCUT2D eigenvalue weighted by molar-refractivity contribution is 9.10. The number of piperidine rings is 1. The van der Waals surface area contributed by atoms with Crippen molar-refractivity contribution >= 4 is 27.7 Å². The van der Waals surface area contributed by atoms with Crippen LogP contribution in [0.5, 0.6) is 0 Å². The summed E-state index contributed by atoms with van der Waals surface area (Å²) in [5, 5.41) is 5.94. The zero-order valence-electron chi connectivity index (χ0n) is 11.1. The maximum Gasteiger partial charge on any atom is 0.225 e. The highest BCUT2D eigenvalue weighted by atomic mass is 79.9. The fourth-order valence-corrected chi connectivity index (χ4v) is 2.94. The molecule has 3 rings (SSSR count). The van der Waals surface area contributed by atoms with Crippen LogP contribution in [-0.2, 0) is 15.1 Å². The van der Waals surface area contributed by atoms with Gasteiger partial charge in [0.1, 0.15) is 0 Å². The third-order valence-corrected chi connectivity index (χ3v) is 4.67. The van der Waals surface area contributed by atoms with Gasteiger partial charge in [-0.15, -0.1) is 0 Å². The van der Waals surface area contributed by atoms with Crippen LogP contribution >= 0.6 is 15.9 Å². The first-order chi connectivity index (χ1) is 9.59. The third-order valence-electron chi connectivity index (χ3n) is 4.15. The second-order valence-corrected chi connectivity index (χ2v) is 6.53. The molecular formula is C15H17BrN2O2. The van der Waals surface area contributed by atoms with Crippen molar-refractivity contribution < 1.29 is 9.59 Å².